The van der Waals surface area contributed by atoms with Gasteiger partial charge in [0.1, 0.15) is 5.75 Å². The maximum atomic E-state index is 10.1. The Labute approximate surface area is 89.5 Å². The molecule has 0 saturated carbocycles. The Balaban J connectivity index is 0.000000292. The summed E-state index contributed by atoms with van der Waals surface area (Å²) in [7, 11) is 0. The maximum Gasteiger partial charge on any atom is 0.153 e. The normalized spacial score (nSPS) is 11.1. The summed E-state index contributed by atoms with van der Waals surface area (Å²) in [5.74, 6) is 0.0347. The lowest BCUT2D eigenvalue weighted by atomic mass is 10.2. The van der Waals surface area contributed by atoms with Gasteiger partial charge in [0.2, 0.25) is 0 Å². The largest absolute Gasteiger partial charge is 0.507 e. The highest BCUT2D eigenvalue weighted by Gasteiger charge is 1.93. The van der Waals surface area contributed by atoms with Gasteiger partial charge >= 0.3 is 0 Å². The Kier molecular flexibility index (Phi) is 6.85. The Morgan fingerprint density at radius 2 is 2.00 bits per heavy atom. The highest BCUT2D eigenvalue weighted by atomic mass is 35.5. The number of phenols is 1. The quantitative estimate of drug-likeness (QED) is 0.606. The van der Waals surface area contributed by atoms with E-state index in [0.717, 1.165) is 6.42 Å². The van der Waals surface area contributed by atoms with E-state index in [2.05, 4.69) is 6.92 Å². The molecule has 2 nitrogen and oxygen atoms in total. The predicted octanol–water partition coefficient (Wildman–Crippen LogP) is 3.23. The first-order valence-corrected chi connectivity index (χ1v) is 4.92. The van der Waals surface area contributed by atoms with E-state index in [4.69, 9.17) is 16.7 Å². The van der Waals surface area contributed by atoms with Crippen LogP contribution in [0.1, 0.15) is 30.6 Å². The zero-order chi connectivity index (χ0) is 11.0. The minimum atomic E-state index is 0.0347. The molecule has 14 heavy (non-hydrogen) atoms. The monoisotopic (exact) mass is 214 g/mol. The summed E-state index contributed by atoms with van der Waals surface area (Å²) in [4.78, 5) is 10.1. The second kappa shape index (κ2) is 7.39. The standard InChI is InChI=1S/C7H6O2.C4H9Cl/c8-5-6-3-1-2-4-7(6)9;1-3-4(2)5/h1-5,9H;4H,3H2,1-2H3. The average Bonchev–Trinajstić information content (AvgIpc) is 2.19. The van der Waals surface area contributed by atoms with E-state index < -0.39 is 0 Å². The van der Waals surface area contributed by atoms with Crippen LogP contribution >= 0.6 is 11.6 Å². The first-order valence-electron chi connectivity index (χ1n) is 4.49. The van der Waals surface area contributed by atoms with Crippen molar-refractivity contribution in [3.63, 3.8) is 0 Å². The molecule has 1 rings (SSSR count). The van der Waals surface area contributed by atoms with Crippen LogP contribution in [0.25, 0.3) is 0 Å². The van der Waals surface area contributed by atoms with Crippen LogP contribution in [0.3, 0.4) is 0 Å². The van der Waals surface area contributed by atoms with Gasteiger partial charge in [-0.05, 0) is 25.5 Å². The molecule has 0 amide bonds. The average molecular weight is 215 g/mol. The number of para-hydroxylation sites is 1. The minimum absolute atomic E-state index is 0.0347. The summed E-state index contributed by atoms with van der Waals surface area (Å²) in [6, 6.07) is 6.40. The number of rotatable bonds is 2. The fourth-order valence-electron chi connectivity index (χ4n) is 0.587. The number of benzene rings is 1. The Hall–Kier alpha value is -1.02. The molecule has 0 fully saturated rings. The van der Waals surface area contributed by atoms with Crippen LogP contribution in [0, 0.1) is 0 Å². The molecule has 1 aromatic rings. The van der Waals surface area contributed by atoms with E-state index in [1.54, 1.807) is 18.2 Å². The van der Waals surface area contributed by atoms with Crippen molar-refractivity contribution in [2.75, 3.05) is 0 Å². The molecule has 0 aromatic heterocycles. The molecule has 0 spiro atoms. The van der Waals surface area contributed by atoms with Crippen LogP contribution in [0.15, 0.2) is 24.3 Å². The van der Waals surface area contributed by atoms with E-state index in [1.165, 1.54) is 6.07 Å². The molecule has 1 unspecified atom stereocenters. The van der Waals surface area contributed by atoms with E-state index in [-0.39, 0.29) is 5.75 Å². The van der Waals surface area contributed by atoms with Crippen molar-refractivity contribution in [1.29, 1.82) is 0 Å². The van der Waals surface area contributed by atoms with E-state index in [0.29, 0.717) is 17.2 Å². The number of phenolic OH excluding ortho intramolecular Hbond substituents is 1. The lowest BCUT2D eigenvalue weighted by molar-refractivity contribution is 0.112. The van der Waals surface area contributed by atoms with Gasteiger partial charge in [-0.2, -0.15) is 0 Å². The number of halogens is 1. The SMILES string of the molecule is CCC(C)Cl.O=Cc1ccccc1O. The highest BCUT2D eigenvalue weighted by molar-refractivity contribution is 6.20. The number of carbonyl (C=O) groups is 1. The zero-order valence-corrected chi connectivity index (χ0v) is 9.16. The topological polar surface area (TPSA) is 37.3 Å². The van der Waals surface area contributed by atoms with Crippen LogP contribution in [-0.4, -0.2) is 16.8 Å². The maximum absolute atomic E-state index is 10.1. The van der Waals surface area contributed by atoms with Gasteiger partial charge in [0.25, 0.3) is 0 Å². The molecule has 3 heteroatoms. The lowest BCUT2D eigenvalue weighted by Gasteiger charge is -1.91. The van der Waals surface area contributed by atoms with Crippen molar-refractivity contribution in [1.82, 2.24) is 0 Å². The molecule has 0 bridgehead atoms. The second-order valence-electron chi connectivity index (χ2n) is 2.87. The molecule has 0 heterocycles. The first-order chi connectivity index (χ1) is 6.61. The second-order valence-corrected chi connectivity index (χ2v) is 3.61. The summed E-state index contributed by atoms with van der Waals surface area (Å²) in [6.07, 6.45) is 1.69. The predicted molar refractivity (Wildman–Crippen MR) is 59.1 cm³/mol. The van der Waals surface area contributed by atoms with Crippen LogP contribution in [0.4, 0.5) is 0 Å². The van der Waals surface area contributed by atoms with Crippen molar-refractivity contribution in [3.8, 4) is 5.75 Å². The van der Waals surface area contributed by atoms with Gasteiger partial charge in [0.15, 0.2) is 6.29 Å². The smallest absolute Gasteiger partial charge is 0.153 e. The Morgan fingerprint density at radius 1 is 1.50 bits per heavy atom. The fraction of sp³-hybridized carbons (Fsp3) is 0.364. The number of aromatic hydroxyl groups is 1. The number of alkyl halides is 1. The van der Waals surface area contributed by atoms with Crippen LogP contribution in [0.5, 0.6) is 5.75 Å². The molecule has 78 valence electrons. The number of carbonyl (C=O) groups excluding carboxylic acids is 1. The van der Waals surface area contributed by atoms with Crippen LogP contribution in [0.2, 0.25) is 0 Å². The molecule has 0 aliphatic rings. The van der Waals surface area contributed by atoms with E-state index in [1.807, 2.05) is 6.92 Å². The summed E-state index contributed by atoms with van der Waals surface area (Å²) >= 11 is 5.46. The van der Waals surface area contributed by atoms with E-state index in [9.17, 15) is 4.79 Å². The first kappa shape index (κ1) is 13.0. The third-order valence-electron chi connectivity index (χ3n) is 1.63. The molecule has 0 radical (unpaired) electrons. The lowest BCUT2D eigenvalue weighted by Crippen LogP contribution is -1.81. The van der Waals surface area contributed by atoms with E-state index >= 15 is 0 Å². The number of hydrogen-bond donors (Lipinski definition) is 1. The van der Waals surface area contributed by atoms with Crippen molar-refractivity contribution >= 4 is 17.9 Å². The Bertz CT molecular complexity index is 272. The summed E-state index contributed by atoms with van der Waals surface area (Å²) < 4.78 is 0. The third-order valence-corrected chi connectivity index (χ3v) is 1.93. The summed E-state index contributed by atoms with van der Waals surface area (Å²) in [5.41, 5.74) is 0.331. The van der Waals surface area contributed by atoms with Gasteiger partial charge in [0, 0.05) is 5.38 Å². The highest BCUT2D eigenvalue weighted by Crippen LogP contribution is 2.11. The van der Waals surface area contributed by atoms with Crippen LogP contribution < -0.4 is 0 Å². The number of hydrogen-bond acceptors (Lipinski definition) is 2. The van der Waals surface area contributed by atoms with Crippen LogP contribution in [-0.2, 0) is 0 Å². The number of aldehydes is 1. The zero-order valence-electron chi connectivity index (χ0n) is 8.40. The van der Waals surface area contributed by atoms with Crippen molar-refractivity contribution in [2.24, 2.45) is 0 Å². The van der Waals surface area contributed by atoms with Gasteiger partial charge < -0.3 is 5.11 Å². The van der Waals surface area contributed by atoms with Crippen molar-refractivity contribution < 1.29 is 9.90 Å². The fourth-order valence-corrected chi connectivity index (χ4v) is 0.587. The third kappa shape index (κ3) is 5.60. The Morgan fingerprint density at radius 3 is 2.29 bits per heavy atom. The molecular formula is C11H15ClO2. The molecule has 1 atom stereocenters. The van der Waals surface area contributed by atoms with Gasteiger partial charge in [-0.1, -0.05) is 19.1 Å². The molecule has 0 aliphatic heterocycles. The molecule has 0 aliphatic carbocycles. The van der Waals surface area contributed by atoms with Gasteiger partial charge in [-0.3, -0.25) is 4.79 Å². The van der Waals surface area contributed by atoms with Crippen molar-refractivity contribution in [2.45, 2.75) is 25.6 Å². The summed E-state index contributed by atoms with van der Waals surface area (Å²) in [6.45, 7) is 4.05. The minimum Gasteiger partial charge on any atom is -0.507 e. The van der Waals surface area contributed by atoms with Gasteiger partial charge in [-0.25, -0.2) is 0 Å². The molecule has 0 saturated heterocycles. The molecular weight excluding hydrogens is 200 g/mol. The molecule has 1 N–H and O–H groups in total. The summed E-state index contributed by atoms with van der Waals surface area (Å²) in [5, 5.41) is 9.24. The van der Waals surface area contributed by atoms with Gasteiger partial charge in [-0.15, -0.1) is 11.6 Å². The van der Waals surface area contributed by atoms with Crippen molar-refractivity contribution in [3.05, 3.63) is 29.8 Å². The molecule has 1 aromatic carbocycles. The van der Waals surface area contributed by atoms with Gasteiger partial charge in [0.05, 0.1) is 5.56 Å².